The van der Waals surface area contributed by atoms with E-state index in [-0.39, 0.29) is 11.3 Å². The Bertz CT molecular complexity index is 756. The van der Waals surface area contributed by atoms with Gasteiger partial charge in [-0.25, -0.2) is 4.98 Å². The molecule has 2 aromatic heterocycles. The smallest absolute Gasteiger partial charge is 0.305 e. The summed E-state index contributed by atoms with van der Waals surface area (Å²) in [4.78, 5) is 26.6. The molecule has 0 saturated carbocycles. The van der Waals surface area contributed by atoms with Crippen molar-refractivity contribution >= 4 is 11.9 Å². The fraction of sp³-hybridized carbons (Fsp3) is 0.231. The topological polar surface area (TPSA) is 105 Å². The van der Waals surface area contributed by atoms with Gasteiger partial charge in [-0.05, 0) is 13.0 Å². The van der Waals surface area contributed by atoms with Crippen molar-refractivity contribution in [3.8, 4) is 11.1 Å². The molecule has 1 aliphatic rings. The van der Waals surface area contributed by atoms with Gasteiger partial charge in [-0.1, -0.05) is 5.16 Å². The van der Waals surface area contributed by atoms with Crippen LogP contribution < -0.4 is 5.32 Å². The molecule has 0 aliphatic carbocycles. The molecule has 8 heteroatoms. The van der Waals surface area contributed by atoms with Crippen molar-refractivity contribution in [3.05, 3.63) is 35.2 Å². The van der Waals surface area contributed by atoms with Crippen LogP contribution in [0.1, 0.15) is 34.3 Å². The SMILES string of the molecule is Cc1noc2c1-c1ccnc(F)c1C(=O)N[C@H]2CC(=O)O. The molecule has 1 amide bonds. The number of amides is 1. The Balaban J connectivity index is 2.26. The third kappa shape index (κ3) is 2.04. The maximum Gasteiger partial charge on any atom is 0.305 e. The Morgan fingerprint density at radius 2 is 2.29 bits per heavy atom. The second-order valence-electron chi connectivity index (χ2n) is 4.66. The Hall–Kier alpha value is -2.77. The number of carboxylic acid groups (broad SMARTS) is 1. The van der Waals surface area contributed by atoms with E-state index in [4.69, 9.17) is 9.63 Å². The molecule has 0 radical (unpaired) electrons. The molecule has 2 N–H and O–H groups in total. The van der Waals surface area contributed by atoms with E-state index in [0.29, 0.717) is 16.8 Å². The van der Waals surface area contributed by atoms with Crippen LogP contribution in [-0.4, -0.2) is 27.1 Å². The van der Waals surface area contributed by atoms with E-state index in [1.165, 1.54) is 12.3 Å². The minimum Gasteiger partial charge on any atom is -0.481 e. The number of pyridine rings is 1. The molecule has 3 rings (SSSR count). The van der Waals surface area contributed by atoms with Gasteiger partial charge >= 0.3 is 5.97 Å². The lowest BCUT2D eigenvalue weighted by Gasteiger charge is -2.11. The fourth-order valence-corrected chi connectivity index (χ4v) is 2.43. The summed E-state index contributed by atoms with van der Waals surface area (Å²) < 4.78 is 19.0. The predicted octanol–water partition coefficient (Wildman–Crippen LogP) is 1.44. The van der Waals surface area contributed by atoms with Crippen molar-refractivity contribution in [3.63, 3.8) is 0 Å². The maximum atomic E-state index is 13.9. The van der Waals surface area contributed by atoms with Gasteiger partial charge in [-0.3, -0.25) is 9.59 Å². The van der Waals surface area contributed by atoms with Crippen molar-refractivity contribution in [2.75, 3.05) is 0 Å². The van der Waals surface area contributed by atoms with Crippen LogP contribution in [0.2, 0.25) is 0 Å². The number of carbonyl (C=O) groups is 2. The average molecular weight is 291 g/mol. The zero-order valence-corrected chi connectivity index (χ0v) is 10.9. The van der Waals surface area contributed by atoms with Gasteiger partial charge in [0.25, 0.3) is 5.91 Å². The largest absolute Gasteiger partial charge is 0.481 e. The van der Waals surface area contributed by atoms with Crippen molar-refractivity contribution in [1.29, 1.82) is 0 Å². The molecule has 0 bridgehead atoms. The number of rotatable bonds is 2. The molecule has 108 valence electrons. The average Bonchev–Trinajstić information content (AvgIpc) is 2.73. The van der Waals surface area contributed by atoms with E-state index >= 15 is 0 Å². The first-order valence-electron chi connectivity index (χ1n) is 6.12. The van der Waals surface area contributed by atoms with E-state index in [1.807, 2.05) is 0 Å². The van der Waals surface area contributed by atoms with E-state index in [2.05, 4.69) is 15.5 Å². The molecule has 2 aromatic rings. The van der Waals surface area contributed by atoms with Gasteiger partial charge in [0.1, 0.15) is 11.6 Å². The van der Waals surface area contributed by atoms with Gasteiger partial charge in [-0.2, -0.15) is 4.39 Å². The van der Waals surface area contributed by atoms with Crippen LogP contribution in [-0.2, 0) is 4.79 Å². The number of aryl methyl sites for hydroxylation is 1. The number of hydrogen-bond acceptors (Lipinski definition) is 5. The fourth-order valence-electron chi connectivity index (χ4n) is 2.43. The highest BCUT2D eigenvalue weighted by Crippen LogP contribution is 2.37. The third-order valence-corrected chi connectivity index (χ3v) is 3.29. The Labute approximate surface area is 117 Å². The van der Waals surface area contributed by atoms with Gasteiger partial charge in [-0.15, -0.1) is 0 Å². The van der Waals surface area contributed by atoms with Gasteiger partial charge in [0.2, 0.25) is 5.95 Å². The summed E-state index contributed by atoms with van der Waals surface area (Å²) >= 11 is 0. The highest BCUT2D eigenvalue weighted by atomic mass is 19.1. The van der Waals surface area contributed by atoms with Crippen LogP contribution in [0.5, 0.6) is 0 Å². The number of carboxylic acids is 1. The molecule has 1 atom stereocenters. The predicted molar refractivity (Wildman–Crippen MR) is 66.9 cm³/mol. The number of hydrogen-bond donors (Lipinski definition) is 2. The van der Waals surface area contributed by atoms with Crippen LogP contribution in [0.25, 0.3) is 11.1 Å². The standard InChI is InChI=1S/C13H10FN3O4/c1-5-9-6-2-3-15-12(14)10(6)13(20)16-7(4-8(18)19)11(9)21-17-5/h2-3,7H,4H2,1H3,(H,16,20)(H,18,19)/t7-/m0/s1. The number of halogens is 1. The summed E-state index contributed by atoms with van der Waals surface area (Å²) in [6.07, 6.45) is 0.839. The minimum atomic E-state index is -1.12. The maximum absolute atomic E-state index is 13.9. The Morgan fingerprint density at radius 1 is 1.52 bits per heavy atom. The number of nitrogens with one attached hydrogen (secondary N) is 1. The lowest BCUT2D eigenvalue weighted by atomic mass is 9.98. The van der Waals surface area contributed by atoms with Crippen LogP contribution in [0.15, 0.2) is 16.8 Å². The van der Waals surface area contributed by atoms with Gasteiger partial charge in [0, 0.05) is 11.8 Å². The lowest BCUT2D eigenvalue weighted by molar-refractivity contribution is -0.137. The van der Waals surface area contributed by atoms with Crippen LogP contribution in [0, 0.1) is 12.9 Å². The molecule has 0 unspecified atom stereocenters. The summed E-state index contributed by atoms with van der Waals surface area (Å²) in [6, 6.07) is 0.558. The molecule has 3 heterocycles. The number of carbonyl (C=O) groups excluding carboxylic acids is 1. The summed E-state index contributed by atoms with van der Waals surface area (Å²) in [5.41, 5.74) is 0.930. The molecule has 0 saturated heterocycles. The normalized spacial score (nSPS) is 16.7. The Kier molecular flexibility index (Phi) is 2.93. The molecule has 0 spiro atoms. The number of fused-ring (bicyclic) bond motifs is 3. The summed E-state index contributed by atoms with van der Waals surface area (Å²) in [5, 5.41) is 15.2. The van der Waals surface area contributed by atoms with Crippen molar-refractivity contribution in [1.82, 2.24) is 15.5 Å². The van der Waals surface area contributed by atoms with Gasteiger partial charge in [0.15, 0.2) is 5.76 Å². The minimum absolute atomic E-state index is 0.201. The first kappa shape index (κ1) is 13.2. The zero-order chi connectivity index (χ0) is 15.1. The second kappa shape index (κ2) is 4.65. The van der Waals surface area contributed by atoms with Gasteiger partial charge < -0.3 is 14.9 Å². The van der Waals surface area contributed by atoms with E-state index in [1.54, 1.807) is 6.92 Å². The van der Waals surface area contributed by atoms with Crippen molar-refractivity contribution in [2.45, 2.75) is 19.4 Å². The molecule has 21 heavy (non-hydrogen) atoms. The highest BCUT2D eigenvalue weighted by Gasteiger charge is 2.34. The highest BCUT2D eigenvalue weighted by molar-refractivity contribution is 6.03. The quantitative estimate of drug-likeness (QED) is 0.811. The zero-order valence-electron chi connectivity index (χ0n) is 10.9. The number of aliphatic carboxylic acids is 1. The molecule has 0 fully saturated rings. The second-order valence-corrected chi connectivity index (χ2v) is 4.66. The monoisotopic (exact) mass is 291 g/mol. The van der Waals surface area contributed by atoms with E-state index < -0.39 is 30.3 Å². The van der Waals surface area contributed by atoms with Crippen molar-refractivity contribution in [2.24, 2.45) is 0 Å². The Morgan fingerprint density at radius 3 is 3.00 bits per heavy atom. The van der Waals surface area contributed by atoms with Crippen molar-refractivity contribution < 1.29 is 23.6 Å². The summed E-state index contributed by atoms with van der Waals surface area (Å²) in [5.74, 6) is -2.57. The molecule has 1 aliphatic heterocycles. The summed E-state index contributed by atoms with van der Waals surface area (Å²) in [6.45, 7) is 1.64. The van der Waals surface area contributed by atoms with Crippen LogP contribution in [0.3, 0.4) is 0 Å². The molecular formula is C13H10FN3O4. The molecule has 7 nitrogen and oxygen atoms in total. The van der Waals surface area contributed by atoms with E-state index in [0.717, 1.165) is 0 Å². The number of nitrogens with zero attached hydrogens (tertiary/aromatic N) is 2. The van der Waals surface area contributed by atoms with Gasteiger partial charge in [0.05, 0.1) is 17.7 Å². The van der Waals surface area contributed by atoms with Crippen LogP contribution in [0.4, 0.5) is 4.39 Å². The van der Waals surface area contributed by atoms with Crippen LogP contribution >= 0.6 is 0 Å². The lowest BCUT2D eigenvalue weighted by Crippen LogP contribution is -2.29. The summed E-state index contributed by atoms with van der Waals surface area (Å²) in [7, 11) is 0. The van der Waals surface area contributed by atoms with E-state index in [9.17, 15) is 14.0 Å². The third-order valence-electron chi connectivity index (χ3n) is 3.29. The number of aromatic nitrogens is 2. The molecular weight excluding hydrogens is 281 g/mol. The first-order chi connectivity index (χ1) is 9.99. The molecule has 0 aromatic carbocycles. The first-order valence-corrected chi connectivity index (χ1v) is 6.12.